The molecule has 0 aliphatic heterocycles. The molecule has 1 heterocycles. The van der Waals surface area contributed by atoms with E-state index in [1.165, 1.54) is 6.33 Å². The fraction of sp³-hybridized carbons (Fsp3) is 0.429. The molecule has 0 atom stereocenters. The van der Waals surface area contributed by atoms with Crippen LogP contribution in [0.1, 0.15) is 27.2 Å². The van der Waals surface area contributed by atoms with Crippen molar-refractivity contribution in [2.75, 3.05) is 17.6 Å². The summed E-state index contributed by atoms with van der Waals surface area (Å²) in [5, 5.41) is 3.82. The lowest BCUT2D eigenvalue weighted by molar-refractivity contribution is 0.390. The van der Waals surface area contributed by atoms with Gasteiger partial charge in [-0.1, -0.05) is 20.8 Å². The number of aromatic amines is 1. The molecule has 0 aliphatic carbocycles. The van der Waals surface area contributed by atoms with E-state index in [-0.39, 0.29) is 11.0 Å². The van der Waals surface area contributed by atoms with E-state index in [2.05, 4.69) is 36.1 Å². The largest absolute Gasteiger partial charge is 0.397 e. The van der Waals surface area contributed by atoms with E-state index in [0.29, 0.717) is 16.6 Å². The molecule has 0 unspecified atom stereocenters. The molecule has 0 bridgehead atoms. The van der Waals surface area contributed by atoms with E-state index < -0.39 is 0 Å². The zero-order valence-corrected chi connectivity index (χ0v) is 11.6. The van der Waals surface area contributed by atoms with Crippen LogP contribution < -0.4 is 16.6 Å². The van der Waals surface area contributed by atoms with Crippen molar-refractivity contribution in [2.24, 2.45) is 5.41 Å². The summed E-state index contributed by atoms with van der Waals surface area (Å²) in [4.78, 5) is 18.3. The molecule has 0 saturated carbocycles. The Bertz CT molecular complexity index is 640. The van der Waals surface area contributed by atoms with Crippen molar-refractivity contribution >= 4 is 22.3 Å². The fourth-order valence-corrected chi connectivity index (χ4v) is 1.86. The van der Waals surface area contributed by atoms with Gasteiger partial charge in [0.2, 0.25) is 0 Å². The number of hydrogen-bond donors (Lipinski definition) is 3. The van der Waals surface area contributed by atoms with Crippen molar-refractivity contribution in [2.45, 2.75) is 27.2 Å². The molecule has 1 aromatic heterocycles. The summed E-state index contributed by atoms with van der Waals surface area (Å²) in [5.41, 5.74) is 8.11. The van der Waals surface area contributed by atoms with Crippen LogP contribution in [0, 0.1) is 5.41 Å². The van der Waals surface area contributed by atoms with Gasteiger partial charge < -0.3 is 16.0 Å². The topological polar surface area (TPSA) is 83.8 Å². The van der Waals surface area contributed by atoms with Gasteiger partial charge >= 0.3 is 0 Å². The summed E-state index contributed by atoms with van der Waals surface area (Å²) in [5.74, 6) is 0. The number of H-pyrrole nitrogens is 1. The van der Waals surface area contributed by atoms with Crippen molar-refractivity contribution in [1.82, 2.24) is 9.97 Å². The van der Waals surface area contributed by atoms with Gasteiger partial charge in [0, 0.05) is 6.54 Å². The number of nitrogens with zero attached hydrogens (tertiary/aromatic N) is 1. The molecule has 1 aromatic carbocycles. The van der Waals surface area contributed by atoms with Crippen LogP contribution in [0.25, 0.3) is 10.9 Å². The SMILES string of the molecule is CC(C)(C)CCNc1cc2nc[nH]c(=O)c2cc1N. The van der Waals surface area contributed by atoms with Gasteiger partial charge in [0.1, 0.15) is 0 Å². The standard InChI is InChI=1S/C14H20N4O/c1-14(2,3)4-5-16-12-7-11-9(6-10(12)15)13(19)18-8-17-11/h6-8,16H,4-5,15H2,1-3H3,(H,17,18,19). The van der Waals surface area contributed by atoms with E-state index in [1.54, 1.807) is 6.07 Å². The normalized spacial score (nSPS) is 11.7. The molecule has 0 fully saturated rings. The molecule has 5 heteroatoms. The predicted molar refractivity (Wildman–Crippen MR) is 79.3 cm³/mol. The van der Waals surface area contributed by atoms with Crippen molar-refractivity contribution in [3.8, 4) is 0 Å². The monoisotopic (exact) mass is 260 g/mol. The number of nitrogens with two attached hydrogens (primary N) is 1. The Morgan fingerprint density at radius 3 is 2.79 bits per heavy atom. The number of nitrogen functional groups attached to an aromatic ring is 1. The molecule has 0 saturated heterocycles. The molecular formula is C14H20N4O. The van der Waals surface area contributed by atoms with Crippen LogP contribution in [-0.2, 0) is 0 Å². The Morgan fingerprint density at radius 1 is 1.37 bits per heavy atom. The zero-order valence-electron chi connectivity index (χ0n) is 11.6. The first-order valence-electron chi connectivity index (χ1n) is 6.38. The quantitative estimate of drug-likeness (QED) is 0.740. The first kappa shape index (κ1) is 13.4. The first-order valence-corrected chi connectivity index (χ1v) is 6.38. The zero-order chi connectivity index (χ0) is 14.0. The van der Waals surface area contributed by atoms with Gasteiger partial charge in [0.05, 0.1) is 28.6 Å². The van der Waals surface area contributed by atoms with Crippen LogP contribution in [0.2, 0.25) is 0 Å². The number of anilines is 2. The predicted octanol–water partition coefficient (Wildman–Crippen LogP) is 2.35. The lowest BCUT2D eigenvalue weighted by Gasteiger charge is -2.19. The van der Waals surface area contributed by atoms with Crippen molar-refractivity contribution < 1.29 is 0 Å². The highest BCUT2D eigenvalue weighted by molar-refractivity contribution is 5.88. The third-order valence-electron chi connectivity index (χ3n) is 3.00. The summed E-state index contributed by atoms with van der Waals surface area (Å²) < 4.78 is 0. The molecule has 19 heavy (non-hydrogen) atoms. The summed E-state index contributed by atoms with van der Waals surface area (Å²) in [6.07, 6.45) is 2.44. The maximum Gasteiger partial charge on any atom is 0.258 e. The highest BCUT2D eigenvalue weighted by Gasteiger charge is 2.10. The van der Waals surface area contributed by atoms with Crippen molar-refractivity contribution in [3.05, 3.63) is 28.8 Å². The molecule has 102 valence electrons. The molecule has 0 radical (unpaired) electrons. The summed E-state index contributed by atoms with van der Waals surface area (Å²) in [6.45, 7) is 7.42. The second-order valence-electron chi connectivity index (χ2n) is 5.93. The maximum atomic E-state index is 11.6. The van der Waals surface area contributed by atoms with Crippen LogP contribution >= 0.6 is 0 Å². The van der Waals surface area contributed by atoms with Gasteiger partial charge in [-0.2, -0.15) is 0 Å². The number of aromatic nitrogens is 2. The summed E-state index contributed by atoms with van der Waals surface area (Å²) in [7, 11) is 0. The van der Waals surface area contributed by atoms with Gasteiger partial charge in [-0.05, 0) is 24.0 Å². The summed E-state index contributed by atoms with van der Waals surface area (Å²) in [6, 6.07) is 3.49. The summed E-state index contributed by atoms with van der Waals surface area (Å²) >= 11 is 0. The Balaban J connectivity index is 2.25. The molecule has 0 spiro atoms. The smallest absolute Gasteiger partial charge is 0.258 e. The fourth-order valence-electron chi connectivity index (χ4n) is 1.86. The van der Waals surface area contributed by atoms with Crippen molar-refractivity contribution in [3.63, 3.8) is 0 Å². The number of benzene rings is 1. The van der Waals surface area contributed by atoms with E-state index in [0.717, 1.165) is 18.7 Å². The Morgan fingerprint density at radius 2 is 2.11 bits per heavy atom. The number of fused-ring (bicyclic) bond motifs is 1. The Labute approximate surface area is 112 Å². The van der Waals surface area contributed by atoms with Crippen LogP contribution in [-0.4, -0.2) is 16.5 Å². The number of rotatable bonds is 3. The van der Waals surface area contributed by atoms with E-state index >= 15 is 0 Å². The minimum atomic E-state index is -0.169. The van der Waals surface area contributed by atoms with E-state index in [1.807, 2.05) is 6.07 Å². The minimum absolute atomic E-state index is 0.169. The van der Waals surface area contributed by atoms with Crippen LogP contribution in [0.4, 0.5) is 11.4 Å². The average Bonchev–Trinajstić information content (AvgIpc) is 2.30. The van der Waals surface area contributed by atoms with Gasteiger partial charge in [-0.3, -0.25) is 4.79 Å². The highest BCUT2D eigenvalue weighted by atomic mass is 16.1. The maximum absolute atomic E-state index is 11.6. The molecule has 2 aromatic rings. The molecule has 5 nitrogen and oxygen atoms in total. The van der Waals surface area contributed by atoms with Crippen LogP contribution in [0.3, 0.4) is 0 Å². The Kier molecular flexibility index (Phi) is 3.46. The second-order valence-corrected chi connectivity index (χ2v) is 5.93. The molecule has 0 amide bonds. The molecule has 0 aliphatic rings. The third kappa shape index (κ3) is 3.24. The van der Waals surface area contributed by atoms with E-state index in [4.69, 9.17) is 5.73 Å². The van der Waals surface area contributed by atoms with Crippen LogP contribution in [0.5, 0.6) is 0 Å². The molecule has 2 rings (SSSR count). The van der Waals surface area contributed by atoms with Crippen molar-refractivity contribution in [1.29, 1.82) is 0 Å². The lowest BCUT2D eigenvalue weighted by Crippen LogP contribution is -2.14. The third-order valence-corrected chi connectivity index (χ3v) is 3.00. The first-order chi connectivity index (χ1) is 8.87. The molecular weight excluding hydrogens is 240 g/mol. The lowest BCUT2D eigenvalue weighted by atomic mass is 9.92. The highest BCUT2D eigenvalue weighted by Crippen LogP contribution is 2.24. The number of nitrogens with one attached hydrogen (secondary N) is 2. The Hall–Kier alpha value is -2.04. The molecule has 4 N–H and O–H groups in total. The van der Waals surface area contributed by atoms with Crippen LogP contribution in [0.15, 0.2) is 23.3 Å². The van der Waals surface area contributed by atoms with Gasteiger partial charge in [0.15, 0.2) is 0 Å². The van der Waals surface area contributed by atoms with Gasteiger partial charge in [-0.25, -0.2) is 4.98 Å². The van der Waals surface area contributed by atoms with Gasteiger partial charge in [-0.15, -0.1) is 0 Å². The average molecular weight is 260 g/mol. The van der Waals surface area contributed by atoms with Gasteiger partial charge in [0.25, 0.3) is 5.56 Å². The van der Waals surface area contributed by atoms with E-state index in [9.17, 15) is 4.79 Å². The second kappa shape index (κ2) is 4.91. The number of hydrogen-bond acceptors (Lipinski definition) is 4. The minimum Gasteiger partial charge on any atom is -0.397 e.